The molecule has 0 aliphatic heterocycles. The van der Waals surface area contributed by atoms with Crippen LogP contribution in [0.15, 0.2) is 78.9 Å². The molecule has 0 saturated heterocycles. The van der Waals surface area contributed by atoms with E-state index < -0.39 is 0 Å². The highest BCUT2D eigenvalue weighted by atomic mass is 14.8. The molecule has 0 aromatic carbocycles. The van der Waals surface area contributed by atoms with Crippen LogP contribution in [0.3, 0.4) is 0 Å². The summed E-state index contributed by atoms with van der Waals surface area (Å²) in [5, 5.41) is 0. The Bertz CT molecular complexity index is 738. The first-order valence-electron chi connectivity index (χ1n) is 9.16. The van der Waals surface area contributed by atoms with E-state index >= 15 is 0 Å². The predicted octanol–water partition coefficient (Wildman–Crippen LogP) is 6.60. The summed E-state index contributed by atoms with van der Waals surface area (Å²) in [5.74, 6) is 0. The van der Waals surface area contributed by atoms with E-state index in [0.717, 1.165) is 11.4 Å². The molecule has 0 aromatic rings. The molecule has 0 atom stereocenters. The zero-order chi connectivity index (χ0) is 20.0. The summed E-state index contributed by atoms with van der Waals surface area (Å²) in [5.41, 5.74) is 11.9. The van der Waals surface area contributed by atoms with Crippen LogP contribution in [0.1, 0.15) is 55.4 Å². The number of nitrogens with zero attached hydrogens (tertiary/aromatic N) is 2. The summed E-state index contributed by atoms with van der Waals surface area (Å²) in [6, 6.07) is 0. The zero-order valence-electron chi connectivity index (χ0n) is 18.2. The molecule has 2 heteroatoms. The molecule has 0 radical (unpaired) electrons. The van der Waals surface area contributed by atoms with Gasteiger partial charge in [-0.2, -0.15) is 0 Å². The number of aliphatic imine (C=N–C) groups is 2. The van der Waals surface area contributed by atoms with Gasteiger partial charge in [0.2, 0.25) is 0 Å². The van der Waals surface area contributed by atoms with Gasteiger partial charge in [0.15, 0.2) is 0 Å². The Morgan fingerprint density at radius 3 is 1.12 bits per heavy atom. The minimum atomic E-state index is 0.978. The van der Waals surface area contributed by atoms with Crippen molar-refractivity contribution in [1.82, 2.24) is 0 Å². The van der Waals surface area contributed by atoms with Crippen molar-refractivity contribution in [2.24, 2.45) is 9.98 Å². The lowest BCUT2D eigenvalue weighted by molar-refractivity contribution is 1.22. The van der Waals surface area contributed by atoms with Gasteiger partial charge in [-0.3, -0.25) is 9.98 Å². The summed E-state index contributed by atoms with van der Waals surface area (Å²) in [7, 11) is 3.71. The van der Waals surface area contributed by atoms with Crippen LogP contribution in [0, 0.1) is 0 Å². The van der Waals surface area contributed by atoms with E-state index in [1.807, 2.05) is 14.1 Å². The van der Waals surface area contributed by atoms with E-state index in [0.29, 0.717) is 0 Å². The molecule has 1 rings (SSSR count). The van der Waals surface area contributed by atoms with Crippen molar-refractivity contribution < 1.29 is 0 Å². The number of hydrogen-bond acceptors (Lipinski definition) is 2. The van der Waals surface area contributed by atoms with Crippen LogP contribution in [0.4, 0.5) is 0 Å². The molecule has 0 amide bonds. The van der Waals surface area contributed by atoms with Gasteiger partial charge in [-0.15, -0.1) is 0 Å². The van der Waals surface area contributed by atoms with Crippen molar-refractivity contribution in [2.75, 3.05) is 14.1 Å². The first-order chi connectivity index (χ1) is 12.1. The van der Waals surface area contributed by atoms with E-state index in [-0.39, 0.29) is 0 Å². The Morgan fingerprint density at radius 1 is 0.577 bits per heavy atom. The summed E-state index contributed by atoms with van der Waals surface area (Å²) in [6.45, 7) is 17.1. The lowest BCUT2D eigenvalue weighted by Gasteiger charge is -2.27. The summed E-state index contributed by atoms with van der Waals surface area (Å²) in [4.78, 5) is 9.26. The van der Waals surface area contributed by atoms with Crippen LogP contribution in [-0.4, -0.2) is 25.5 Å². The Morgan fingerprint density at radius 2 is 0.885 bits per heavy atom. The third-order valence-corrected chi connectivity index (χ3v) is 4.58. The van der Waals surface area contributed by atoms with Gasteiger partial charge >= 0.3 is 0 Å². The molecule has 0 saturated carbocycles. The fraction of sp³-hybridized carbons (Fsp3) is 0.417. The van der Waals surface area contributed by atoms with Crippen LogP contribution < -0.4 is 0 Å². The van der Waals surface area contributed by atoms with E-state index in [9.17, 15) is 0 Å². The van der Waals surface area contributed by atoms with Crippen LogP contribution in [0.2, 0.25) is 0 Å². The Labute approximate surface area is 160 Å². The van der Waals surface area contributed by atoms with Crippen molar-refractivity contribution in [3.05, 3.63) is 68.9 Å². The Balaban J connectivity index is 3.76. The molecule has 0 unspecified atom stereocenters. The topological polar surface area (TPSA) is 24.7 Å². The molecule has 2 nitrogen and oxygen atoms in total. The van der Waals surface area contributed by atoms with Gasteiger partial charge in [0.25, 0.3) is 0 Å². The number of rotatable bonds is 4. The van der Waals surface area contributed by atoms with Gasteiger partial charge in [-0.1, -0.05) is 35.5 Å². The summed E-state index contributed by atoms with van der Waals surface area (Å²) < 4.78 is 0. The highest BCUT2D eigenvalue weighted by Gasteiger charge is 2.28. The predicted molar refractivity (Wildman–Crippen MR) is 118 cm³/mol. The molecule has 1 aliphatic rings. The van der Waals surface area contributed by atoms with Crippen LogP contribution in [0.25, 0.3) is 0 Å². The third-order valence-electron chi connectivity index (χ3n) is 4.58. The molecular weight excluding hydrogens is 316 g/mol. The first kappa shape index (κ1) is 21.8. The van der Waals surface area contributed by atoms with Crippen molar-refractivity contribution >= 4 is 11.4 Å². The Kier molecular flexibility index (Phi) is 7.95. The average molecular weight is 351 g/mol. The molecule has 26 heavy (non-hydrogen) atoms. The van der Waals surface area contributed by atoms with Crippen molar-refractivity contribution in [3.63, 3.8) is 0 Å². The summed E-state index contributed by atoms with van der Waals surface area (Å²) in [6.07, 6.45) is 8.66. The molecular formula is C24H34N2. The van der Waals surface area contributed by atoms with Gasteiger partial charge in [0.1, 0.15) is 0 Å². The second-order valence-corrected chi connectivity index (χ2v) is 7.33. The molecule has 0 fully saturated rings. The lowest BCUT2D eigenvalue weighted by atomic mass is 9.78. The maximum atomic E-state index is 4.63. The second-order valence-electron chi connectivity index (χ2n) is 7.33. The van der Waals surface area contributed by atoms with Crippen molar-refractivity contribution in [1.29, 1.82) is 0 Å². The first-order valence-corrected chi connectivity index (χ1v) is 9.16. The van der Waals surface area contributed by atoms with E-state index in [4.69, 9.17) is 0 Å². The molecule has 0 heterocycles. The number of hydrogen-bond donors (Lipinski definition) is 0. The fourth-order valence-electron chi connectivity index (χ4n) is 3.12. The lowest BCUT2D eigenvalue weighted by Crippen LogP contribution is -2.27. The maximum absolute atomic E-state index is 4.63. The highest BCUT2D eigenvalue weighted by molar-refractivity contribution is 6.56. The second kappa shape index (κ2) is 9.47. The van der Waals surface area contributed by atoms with Gasteiger partial charge in [-0.25, -0.2) is 0 Å². The molecule has 0 bridgehead atoms. The normalized spacial score (nSPS) is 19.5. The maximum Gasteiger partial charge on any atom is 0.0906 e. The van der Waals surface area contributed by atoms with E-state index in [2.05, 4.69) is 89.7 Å². The fourth-order valence-corrected chi connectivity index (χ4v) is 3.12. The minimum Gasteiger partial charge on any atom is -0.286 e. The quantitative estimate of drug-likeness (QED) is 0.403. The third kappa shape index (κ3) is 4.91. The highest BCUT2D eigenvalue weighted by Crippen LogP contribution is 2.34. The van der Waals surface area contributed by atoms with Crippen molar-refractivity contribution in [2.45, 2.75) is 55.4 Å². The van der Waals surface area contributed by atoms with Crippen LogP contribution >= 0.6 is 0 Å². The largest absolute Gasteiger partial charge is 0.286 e. The average Bonchev–Trinajstić information content (AvgIpc) is 2.58. The Hall–Kier alpha value is -2.22. The zero-order valence-corrected chi connectivity index (χ0v) is 18.2. The molecule has 0 aromatic heterocycles. The summed E-state index contributed by atoms with van der Waals surface area (Å²) >= 11 is 0. The van der Waals surface area contributed by atoms with E-state index in [1.165, 1.54) is 44.6 Å². The van der Waals surface area contributed by atoms with Crippen LogP contribution in [-0.2, 0) is 0 Å². The van der Waals surface area contributed by atoms with E-state index in [1.54, 1.807) is 0 Å². The van der Waals surface area contributed by atoms with Crippen molar-refractivity contribution in [3.8, 4) is 0 Å². The molecule has 1 aliphatic carbocycles. The molecule has 0 spiro atoms. The standard InChI is InChI=1S/C24H34N2/c1-15(2)11-13-17(5)21-19(7)20(8)22(18(6)14-12-16(3)4)24(26-10)23(21)25-9/h11-14H,1-10H3/b17-13+,18-14+,25-23?,26-24?. The van der Waals surface area contributed by atoms with Gasteiger partial charge in [-0.05, 0) is 77.7 Å². The van der Waals surface area contributed by atoms with Gasteiger partial charge in [0, 0.05) is 25.2 Å². The molecule has 0 N–H and O–H groups in total. The SMILES string of the molecule is CN=C1C(=NC)C(/C(C)=C/C=C(C)C)=C(C)C(C)=C1/C(C)=C/C=C(C)C. The molecule has 140 valence electrons. The van der Waals surface area contributed by atoms with Crippen LogP contribution in [0.5, 0.6) is 0 Å². The van der Waals surface area contributed by atoms with Gasteiger partial charge < -0.3 is 0 Å². The smallest absolute Gasteiger partial charge is 0.0906 e. The minimum absolute atomic E-state index is 0.978. The van der Waals surface area contributed by atoms with Gasteiger partial charge in [0.05, 0.1) is 11.4 Å². The number of allylic oxidation sites excluding steroid dienone is 12. The monoisotopic (exact) mass is 350 g/mol.